The van der Waals surface area contributed by atoms with Gasteiger partial charge in [-0.25, -0.2) is 4.98 Å². The van der Waals surface area contributed by atoms with E-state index in [9.17, 15) is 5.11 Å². The summed E-state index contributed by atoms with van der Waals surface area (Å²) in [5, 5.41) is 14.0. The zero-order valence-electron chi connectivity index (χ0n) is 12.3. The van der Waals surface area contributed by atoms with Crippen LogP contribution in [-0.2, 0) is 11.2 Å². The number of aromatic nitrogens is 1. The fourth-order valence-corrected chi connectivity index (χ4v) is 4.05. The number of hydrogen-bond acceptors (Lipinski definition) is 4. The minimum Gasteiger partial charge on any atom is -0.387 e. The predicted molar refractivity (Wildman–Crippen MR) is 85.5 cm³/mol. The maximum atomic E-state index is 10.9. The highest BCUT2D eigenvalue weighted by Crippen LogP contribution is 2.34. The molecule has 1 aliphatic rings. The van der Waals surface area contributed by atoms with Crippen molar-refractivity contribution in [2.75, 3.05) is 7.11 Å². The zero-order chi connectivity index (χ0) is 14.7. The van der Waals surface area contributed by atoms with E-state index in [1.165, 1.54) is 0 Å². The second-order valence-electron chi connectivity index (χ2n) is 5.74. The molecule has 0 spiro atoms. The van der Waals surface area contributed by atoms with E-state index in [0.29, 0.717) is 6.42 Å². The number of aliphatic hydroxyl groups is 1. The van der Waals surface area contributed by atoms with E-state index in [1.54, 1.807) is 18.4 Å². The molecule has 1 aliphatic carbocycles. The van der Waals surface area contributed by atoms with Crippen molar-refractivity contribution in [3.05, 3.63) is 40.7 Å². The summed E-state index contributed by atoms with van der Waals surface area (Å²) in [6.45, 7) is 0. The summed E-state index contributed by atoms with van der Waals surface area (Å²) in [7, 11) is 1.69. The average molecular weight is 303 g/mol. The van der Waals surface area contributed by atoms with Gasteiger partial charge in [0, 0.05) is 24.5 Å². The van der Waals surface area contributed by atoms with Crippen LogP contribution in [0.5, 0.6) is 0 Å². The monoisotopic (exact) mass is 303 g/mol. The van der Waals surface area contributed by atoms with Crippen LogP contribution in [0.3, 0.4) is 0 Å². The molecule has 1 N–H and O–H groups in total. The number of ether oxygens (including phenoxy) is 1. The van der Waals surface area contributed by atoms with Crippen molar-refractivity contribution in [3.63, 3.8) is 0 Å². The molecule has 1 fully saturated rings. The molecular formula is C17H21NO2S. The lowest BCUT2D eigenvalue weighted by atomic mass is 9.80. The second kappa shape index (κ2) is 6.26. The lowest BCUT2D eigenvalue weighted by Gasteiger charge is -2.38. The molecule has 112 valence electrons. The fraction of sp³-hybridized carbons (Fsp3) is 0.471. The van der Waals surface area contributed by atoms with Gasteiger partial charge in [-0.1, -0.05) is 43.2 Å². The molecule has 0 bridgehead atoms. The van der Waals surface area contributed by atoms with E-state index in [0.717, 1.165) is 41.9 Å². The van der Waals surface area contributed by atoms with E-state index in [4.69, 9.17) is 9.72 Å². The summed E-state index contributed by atoms with van der Waals surface area (Å²) in [6.07, 6.45) is 4.44. The molecule has 21 heavy (non-hydrogen) atoms. The molecule has 1 aromatic heterocycles. The van der Waals surface area contributed by atoms with Crippen molar-refractivity contribution in [2.24, 2.45) is 0 Å². The van der Waals surface area contributed by atoms with Crippen LogP contribution in [0.15, 0.2) is 35.7 Å². The molecule has 2 unspecified atom stereocenters. The Hall–Kier alpha value is -1.23. The molecule has 4 heteroatoms. The van der Waals surface area contributed by atoms with Gasteiger partial charge in [-0.3, -0.25) is 0 Å². The second-order valence-corrected chi connectivity index (χ2v) is 6.69. The van der Waals surface area contributed by atoms with Crippen LogP contribution < -0.4 is 0 Å². The number of hydrogen-bond donors (Lipinski definition) is 1. The van der Waals surface area contributed by atoms with Crippen LogP contribution >= 0.6 is 11.3 Å². The van der Waals surface area contributed by atoms with Crippen LogP contribution in [0.4, 0.5) is 0 Å². The Morgan fingerprint density at radius 3 is 2.90 bits per heavy atom. The van der Waals surface area contributed by atoms with E-state index in [1.807, 2.05) is 18.2 Å². The van der Waals surface area contributed by atoms with Crippen LogP contribution in [-0.4, -0.2) is 28.9 Å². The van der Waals surface area contributed by atoms with Gasteiger partial charge in [0.1, 0.15) is 0 Å². The van der Waals surface area contributed by atoms with Crippen LogP contribution in [0.1, 0.15) is 30.7 Å². The van der Waals surface area contributed by atoms with Gasteiger partial charge in [0.05, 0.1) is 22.4 Å². The lowest BCUT2D eigenvalue weighted by Crippen LogP contribution is -2.47. The van der Waals surface area contributed by atoms with Gasteiger partial charge in [0.15, 0.2) is 0 Å². The summed E-state index contributed by atoms with van der Waals surface area (Å²) in [5.41, 5.74) is 1.35. The molecule has 3 nitrogen and oxygen atoms in total. The third-order valence-electron chi connectivity index (χ3n) is 4.29. The zero-order valence-corrected chi connectivity index (χ0v) is 13.1. The van der Waals surface area contributed by atoms with Crippen molar-refractivity contribution in [3.8, 4) is 11.3 Å². The summed E-state index contributed by atoms with van der Waals surface area (Å²) < 4.78 is 5.50. The summed E-state index contributed by atoms with van der Waals surface area (Å²) >= 11 is 1.62. The Labute approximate surface area is 129 Å². The van der Waals surface area contributed by atoms with Gasteiger partial charge in [-0.2, -0.15) is 0 Å². The molecule has 1 heterocycles. The summed E-state index contributed by atoms with van der Waals surface area (Å²) in [5.74, 6) is 0. The molecule has 0 aliphatic heterocycles. The molecule has 2 aromatic rings. The number of rotatable bonds is 4. The first kappa shape index (κ1) is 14.7. The van der Waals surface area contributed by atoms with Crippen molar-refractivity contribution < 1.29 is 9.84 Å². The van der Waals surface area contributed by atoms with Crippen molar-refractivity contribution in [1.82, 2.24) is 4.98 Å². The maximum absolute atomic E-state index is 10.9. The molecule has 3 rings (SSSR count). The summed E-state index contributed by atoms with van der Waals surface area (Å²) in [6, 6.07) is 10.2. The van der Waals surface area contributed by atoms with Crippen LogP contribution in [0.2, 0.25) is 0 Å². The molecule has 0 amide bonds. The lowest BCUT2D eigenvalue weighted by molar-refractivity contribution is -0.116. The molecule has 2 atom stereocenters. The first-order valence-electron chi connectivity index (χ1n) is 7.46. The van der Waals surface area contributed by atoms with Crippen molar-refractivity contribution in [2.45, 2.75) is 43.8 Å². The number of methoxy groups -OCH3 is 1. The Kier molecular flexibility index (Phi) is 4.38. The number of thiazole rings is 1. The van der Waals surface area contributed by atoms with E-state index in [-0.39, 0.29) is 6.10 Å². The first-order valence-corrected chi connectivity index (χ1v) is 8.34. The van der Waals surface area contributed by atoms with Crippen LogP contribution in [0, 0.1) is 0 Å². The Morgan fingerprint density at radius 1 is 1.33 bits per heavy atom. The average Bonchev–Trinajstić information content (AvgIpc) is 2.96. The minimum absolute atomic E-state index is 0.0738. The highest BCUT2D eigenvalue weighted by molar-refractivity contribution is 7.09. The first-order chi connectivity index (χ1) is 10.2. The van der Waals surface area contributed by atoms with Gasteiger partial charge in [-0.15, -0.1) is 11.3 Å². The summed E-state index contributed by atoms with van der Waals surface area (Å²) in [4.78, 5) is 4.69. The minimum atomic E-state index is -0.765. The van der Waals surface area contributed by atoms with E-state index in [2.05, 4.69) is 17.5 Å². The van der Waals surface area contributed by atoms with E-state index >= 15 is 0 Å². The highest BCUT2D eigenvalue weighted by atomic mass is 32.1. The quantitative estimate of drug-likeness (QED) is 0.937. The highest BCUT2D eigenvalue weighted by Gasteiger charge is 2.39. The molecule has 1 aromatic carbocycles. The SMILES string of the molecule is COC1CCCCC1(O)Cc1nc(-c2ccccc2)cs1. The fourth-order valence-electron chi connectivity index (χ4n) is 3.13. The largest absolute Gasteiger partial charge is 0.387 e. The topological polar surface area (TPSA) is 42.4 Å². The third kappa shape index (κ3) is 3.18. The van der Waals surface area contributed by atoms with Gasteiger partial charge >= 0.3 is 0 Å². The van der Waals surface area contributed by atoms with Gasteiger partial charge in [-0.05, 0) is 12.8 Å². The normalized spacial score (nSPS) is 25.9. The van der Waals surface area contributed by atoms with Crippen LogP contribution in [0.25, 0.3) is 11.3 Å². The molecule has 1 saturated carbocycles. The smallest absolute Gasteiger partial charge is 0.0971 e. The number of nitrogens with zero attached hydrogens (tertiary/aromatic N) is 1. The third-order valence-corrected chi connectivity index (χ3v) is 5.14. The van der Waals surface area contributed by atoms with Gasteiger partial charge in [0.25, 0.3) is 0 Å². The van der Waals surface area contributed by atoms with E-state index < -0.39 is 5.60 Å². The Balaban J connectivity index is 1.77. The van der Waals surface area contributed by atoms with Crippen molar-refractivity contribution in [1.29, 1.82) is 0 Å². The molecule has 0 saturated heterocycles. The molecular weight excluding hydrogens is 282 g/mol. The standard InChI is InChI=1S/C17H21NO2S/c1-20-15-9-5-6-10-17(15,19)11-16-18-14(12-21-16)13-7-3-2-4-8-13/h2-4,7-8,12,15,19H,5-6,9-11H2,1H3. The molecule has 0 radical (unpaired) electrons. The van der Waals surface area contributed by atoms with Gasteiger partial charge < -0.3 is 9.84 Å². The predicted octanol–water partition coefficient (Wildman–Crippen LogP) is 3.67. The number of benzene rings is 1. The Bertz CT molecular complexity index is 583. The maximum Gasteiger partial charge on any atom is 0.0971 e. The Morgan fingerprint density at radius 2 is 2.14 bits per heavy atom. The van der Waals surface area contributed by atoms with Crippen molar-refractivity contribution >= 4 is 11.3 Å². The van der Waals surface area contributed by atoms with Gasteiger partial charge in [0.2, 0.25) is 0 Å².